The summed E-state index contributed by atoms with van der Waals surface area (Å²) in [6, 6.07) is 11.7. The lowest BCUT2D eigenvalue weighted by atomic mass is 10.3. The van der Waals surface area contributed by atoms with Gasteiger partial charge in [0.25, 0.3) is 0 Å². The molecule has 0 bridgehead atoms. The molecule has 0 aliphatic rings. The SMILES string of the molecule is C=C[Si](C)(C)CCCNc1ccccc1. The summed E-state index contributed by atoms with van der Waals surface area (Å²) in [7, 11) is -1.09. The monoisotopic (exact) mass is 219 g/mol. The van der Waals surface area contributed by atoms with Gasteiger partial charge in [-0.1, -0.05) is 37.3 Å². The van der Waals surface area contributed by atoms with E-state index in [9.17, 15) is 0 Å². The van der Waals surface area contributed by atoms with Gasteiger partial charge in [0.05, 0.1) is 8.07 Å². The fourth-order valence-electron chi connectivity index (χ4n) is 1.43. The van der Waals surface area contributed by atoms with Gasteiger partial charge in [0.2, 0.25) is 0 Å². The van der Waals surface area contributed by atoms with Gasteiger partial charge in [-0.05, 0) is 18.6 Å². The zero-order valence-electron chi connectivity index (χ0n) is 9.79. The maximum Gasteiger partial charge on any atom is 0.0710 e. The van der Waals surface area contributed by atoms with Crippen LogP contribution in [0.25, 0.3) is 0 Å². The molecule has 0 aliphatic heterocycles. The van der Waals surface area contributed by atoms with Crippen LogP contribution in [0.4, 0.5) is 5.69 Å². The predicted molar refractivity (Wildman–Crippen MR) is 72.0 cm³/mol. The second kappa shape index (κ2) is 5.76. The molecule has 82 valence electrons. The molecule has 1 N–H and O–H groups in total. The van der Waals surface area contributed by atoms with E-state index in [1.165, 1.54) is 18.2 Å². The minimum absolute atomic E-state index is 1.06. The summed E-state index contributed by atoms with van der Waals surface area (Å²) in [6.45, 7) is 9.70. The number of hydrogen-bond acceptors (Lipinski definition) is 1. The van der Waals surface area contributed by atoms with Crippen LogP contribution in [-0.2, 0) is 0 Å². The van der Waals surface area contributed by atoms with Crippen molar-refractivity contribution in [2.45, 2.75) is 25.6 Å². The third-order valence-corrected chi connectivity index (χ3v) is 5.40. The van der Waals surface area contributed by atoms with Crippen LogP contribution in [-0.4, -0.2) is 14.6 Å². The average Bonchev–Trinajstić information content (AvgIpc) is 2.26. The van der Waals surface area contributed by atoms with E-state index >= 15 is 0 Å². The van der Waals surface area contributed by atoms with Crippen LogP contribution >= 0.6 is 0 Å². The highest BCUT2D eigenvalue weighted by Gasteiger charge is 2.14. The lowest BCUT2D eigenvalue weighted by Crippen LogP contribution is -2.22. The molecule has 15 heavy (non-hydrogen) atoms. The molecule has 0 spiro atoms. The van der Waals surface area contributed by atoms with Crippen LogP contribution < -0.4 is 5.32 Å². The van der Waals surface area contributed by atoms with Gasteiger partial charge in [-0.25, -0.2) is 0 Å². The van der Waals surface area contributed by atoms with Crippen LogP contribution in [0, 0.1) is 0 Å². The van der Waals surface area contributed by atoms with Gasteiger partial charge in [0.15, 0.2) is 0 Å². The fourth-order valence-corrected chi connectivity index (χ4v) is 2.73. The Bertz CT molecular complexity index is 293. The van der Waals surface area contributed by atoms with Crippen molar-refractivity contribution in [2.24, 2.45) is 0 Å². The molecular formula is C13H21NSi. The number of nitrogens with one attached hydrogen (secondary N) is 1. The quantitative estimate of drug-likeness (QED) is 0.565. The molecule has 0 saturated heterocycles. The largest absolute Gasteiger partial charge is 0.385 e. The molecule has 1 aromatic carbocycles. The first kappa shape index (κ1) is 12.0. The zero-order valence-corrected chi connectivity index (χ0v) is 10.8. The van der Waals surface area contributed by atoms with Crippen LogP contribution in [0.2, 0.25) is 19.1 Å². The maximum absolute atomic E-state index is 3.91. The molecule has 0 radical (unpaired) electrons. The normalized spacial score (nSPS) is 11.1. The molecule has 2 heteroatoms. The Morgan fingerprint density at radius 3 is 2.53 bits per heavy atom. The number of rotatable bonds is 6. The number of hydrogen-bond donors (Lipinski definition) is 1. The third-order valence-electron chi connectivity index (χ3n) is 2.65. The smallest absolute Gasteiger partial charge is 0.0710 e. The average molecular weight is 219 g/mol. The van der Waals surface area contributed by atoms with Gasteiger partial charge in [-0.2, -0.15) is 0 Å². The molecule has 0 aliphatic carbocycles. The Morgan fingerprint density at radius 1 is 1.27 bits per heavy atom. The summed E-state index contributed by atoms with van der Waals surface area (Å²) in [4.78, 5) is 0. The van der Waals surface area contributed by atoms with E-state index in [4.69, 9.17) is 0 Å². The van der Waals surface area contributed by atoms with Crippen molar-refractivity contribution in [1.82, 2.24) is 0 Å². The van der Waals surface area contributed by atoms with E-state index in [1.807, 2.05) is 6.07 Å². The number of para-hydroxylation sites is 1. The van der Waals surface area contributed by atoms with E-state index in [2.05, 4.69) is 55.0 Å². The molecule has 0 saturated carbocycles. The van der Waals surface area contributed by atoms with E-state index in [0.29, 0.717) is 0 Å². The Hall–Kier alpha value is -1.02. The highest BCUT2D eigenvalue weighted by molar-refractivity contribution is 6.82. The summed E-state index contributed by atoms with van der Waals surface area (Å²) < 4.78 is 0. The van der Waals surface area contributed by atoms with E-state index < -0.39 is 8.07 Å². The molecule has 0 amide bonds. The summed E-state index contributed by atoms with van der Waals surface area (Å²) in [5, 5.41) is 3.43. The maximum atomic E-state index is 3.91. The molecule has 0 unspecified atom stereocenters. The second-order valence-electron chi connectivity index (χ2n) is 4.59. The van der Waals surface area contributed by atoms with Crippen molar-refractivity contribution in [1.29, 1.82) is 0 Å². The topological polar surface area (TPSA) is 12.0 Å². The highest BCUT2D eigenvalue weighted by atomic mass is 28.3. The van der Waals surface area contributed by atoms with Crippen LogP contribution in [0.1, 0.15) is 6.42 Å². The molecule has 0 aromatic heterocycles. The Morgan fingerprint density at radius 2 is 1.93 bits per heavy atom. The van der Waals surface area contributed by atoms with Crippen molar-refractivity contribution >= 4 is 13.8 Å². The third kappa shape index (κ3) is 4.84. The highest BCUT2D eigenvalue weighted by Crippen LogP contribution is 2.13. The molecule has 1 aromatic rings. The van der Waals surface area contributed by atoms with Crippen molar-refractivity contribution in [3.05, 3.63) is 42.6 Å². The zero-order chi connectivity index (χ0) is 11.1. The van der Waals surface area contributed by atoms with E-state index in [0.717, 1.165) is 6.54 Å². The van der Waals surface area contributed by atoms with Gasteiger partial charge >= 0.3 is 0 Å². The van der Waals surface area contributed by atoms with Crippen molar-refractivity contribution < 1.29 is 0 Å². The van der Waals surface area contributed by atoms with Crippen LogP contribution in [0.5, 0.6) is 0 Å². The molecule has 1 rings (SSSR count). The first-order chi connectivity index (χ1) is 7.14. The van der Waals surface area contributed by atoms with E-state index in [1.54, 1.807) is 0 Å². The molecule has 0 fully saturated rings. The van der Waals surface area contributed by atoms with Gasteiger partial charge in [-0.3, -0.25) is 0 Å². The molecule has 0 heterocycles. The summed E-state index contributed by atoms with van der Waals surface area (Å²) in [6.07, 6.45) is 1.24. The van der Waals surface area contributed by atoms with Gasteiger partial charge < -0.3 is 5.32 Å². The van der Waals surface area contributed by atoms with Crippen molar-refractivity contribution in [2.75, 3.05) is 11.9 Å². The summed E-state index contributed by atoms with van der Waals surface area (Å²) >= 11 is 0. The van der Waals surface area contributed by atoms with Gasteiger partial charge in [-0.15, -0.1) is 12.3 Å². The van der Waals surface area contributed by atoms with Crippen LogP contribution in [0.3, 0.4) is 0 Å². The Labute approximate surface area is 94.2 Å². The van der Waals surface area contributed by atoms with Gasteiger partial charge in [0, 0.05) is 12.2 Å². The number of benzene rings is 1. The Balaban J connectivity index is 2.20. The standard InChI is InChI=1S/C13H21NSi/c1-4-15(2,3)12-8-11-14-13-9-6-5-7-10-13/h4-7,9-10,14H,1,8,11-12H2,2-3H3. The minimum atomic E-state index is -1.09. The van der Waals surface area contributed by atoms with Crippen molar-refractivity contribution in [3.63, 3.8) is 0 Å². The second-order valence-corrected chi connectivity index (χ2v) is 9.47. The summed E-state index contributed by atoms with van der Waals surface area (Å²) in [5.74, 6) is 0. The van der Waals surface area contributed by atoms with E-state index in [-0.39, 0.29) is 0 Å². The molecular weight excluding hydrogens is 198 g/mol. The lowest BCUT2D eigenvalue weighted by molar-refractivity contribution is 0.958. The first-order valence-corrected chi connectivity index (χ1v) is 8.85. The summed E-state index contributed by atoms with van der Waals surface area (Å²) in [5.41, 5.74) is 3.39. The Kier molecular flexibility index (Phi) is 4.63. The van der Waals surface area contributed by atoms with Crippen molar-refractivity contribution in [3.8, 4) is 0 Å². The molecule has 1 nitrogen and oxygen atoms in total. The fraction of sp³-hybridized carbons (Fsp3) is 0.385. The van der Waals surface area contributed by atoms with Crippen LogP contribution in [0.15, 0.2) is 42.6 Å². The molecule has 0 atom stereocenters. The predicted octanol–water partition coefficient (Wildman–Crippen LogP) is 3.92. The number of anilines is 1. The lowest BCUT2D eigenvalue weighted by Gasteiger charge is -2.16. The minimum Gasteiger partial charge on any atom is -0.385 e. The van der Waals surface area contributed by atoms with Gasteiger partial charge in [0.1, 0.15) is 0 Å². The first-order valence-electron chi connectivity index (χ1n) is 5.56.